The third kappa shape index (κ3) is 0.997. The van der Waals surface area contributed by atoms with E-state index in [1.54, 1.807) is 0 Å². The van der Waals surface area contributed by atoms with Crippen LogP contribution in [0.1, 0.15) is 33.4 Å². The highest BCUT2D eigenvalue weighted by Crippen LogP contribution is 2.60. The standard InChI is InChI=1S/C21H11BrO/c22-21-8-12-4-3-10-5-9-1-2-11-6-13(7-14(21)23)19-17(11)15(9)16(10)18(12)20(19)21/h1-4,7H,5-6,8H2/t21-/m1/s1. The Morgan fingerprint density at radius 2 is 1.48 bits per heavy atom. The second-order valence-corrected chi connectivity index (χ2v) is 8.74. The molecule has 0 saturated carbocycles. The van der Waals surface area contributed by atoms with Gasteiger partial charge in [-0.25, -0.2) is 0 Å². The van der Waals surface area contributed by atoms with E-state index in [2.05, 4.69) is 40.2 Å². The van der Waals surface area contributed by atoms with E-state index >= 15 is 0 Å². The number of hydrogen-bond donors (Lipinski definition) is 0. The van der Waals surface area contributed by atoms with Gasteiger partial charge in [-0.05, 0) is 85.8 Å². The molecule has 0 amide bonds. The first-order chi connectivity index (χ1) is 11.2. The van der Waals surface area contributed by atoms with Crippen molar-refractivity contribution in [3.05, 3.63) is 63.7 Å². The summed E-state index contributed by atoms with van der Waals surface area (Å²) in [6, 6.07) is 9.13. The summed E-state index contributed by atoms with van der Waals surface area (Å²) in [7, 11) is 0. The number of alkyl halides is 1. The van der Waals surface area contributed by atoms with Gasteiger partial charge in [-0.15, -0.1) is 0 Å². The lowest BCUT2D eigenvalue weighted by Crippen LogP contribution is -2.30. The highest BCUT2D eigenvalue weighted by atomic mass is 79.9. The summed E-state index contributed by atoms with van der Waals surface area (Å²) in [6.07, 6.45) is 4.64. The normalized spacial score (nSPS) is 24.7. The summed E-state index contributed by atoms with van der Waals surface area (Å²) in [5.74, 6) is 0.227. The molecule has 3 aromatic rings. The molecule has 0 spiro atoms. The van der Waals surface area contributed by atoms with Crippen LogP contribution in [0.2, 0.25) is 0 Å². The lowest BCUT2D eigenvalue weighted by Gasteiger charge is -2.27. The first-order valence-electron chi connectivity index (χ1n) is 8.16. The molecule has 0 bridgehead atoms. The van der Waals surface area contributed by atoms with Crippen LogP contribution in [0, 0.1) is 0 Å². The Bertz CT molecular complexity index is 1210. The maximum atomic E-state index is 12.9. The van der Waals surface area contributed by atoms with Crippen molar-refractivity contribution in [2.45, 2.75) is 23.6 Å². The van der Waals surface area contributed by atoms with Gasteiger partial charge in [0.25, 0.3) is 0 Å². The van der Waals surface area contributed by atoms with Gasteiger partial charge in [-0.3, -0.25) is 4.79 Å². The van der Waals surface area contributed by atoms with Crippen LogP contribution in [-0.2, 0) is 28.4 Å². The quantitative estimate of drug-likeness (QED) is 0.332. The van der Waals surface area contributed by atoms with Crippen LogP contribution in [0.25, 0.3) is 27.1 Å². The summed E-state index contributed by atoms with van der Waals surface area (Å²) in [5.41, 5.74) is 9.52. The number of ketones is 1. The molecule has 3 aromatic carbocycles. The molecule has 0 radical (unpaired) electrons. The molecule has 0 saturated heterocycles. The van der Waals surface area contributed by atoms with Gasteiger partial charge in [0.2, 0.25) is 0 Å². The Hall–Kier alpha value is -1.93. The molecule has 7 rings (SSSR count). The maximum Gasteiger partial charge on any atom is 0.177 e. The van der Waals surface area contributed by atoms with Gasteiger partial charge in [0.05, 0.1) is 0 Å². The van der Waals surface area contributed by atoms with E-state index in [9.17, 15) is 4.79 Å². The van der Waals surface area contributed by atoms with Crippen molar-refractivity contribution in [2.75, 3.05) is 0 Å². The Morgan fingerprint density at radius 1 is 0.826 bits per heavy atom. The summed E-state index contributed by atoms with van der Waals surface area (Å²) < 4.78 is -0.527. The highest BCUT2D eigenvalue weighted by molar-refractivity contribution is 9.10. The van der Waals surface area contributed by atoms with Crippen molar-refractivity contribution in [1.82, 2.24) is 0 Å². The topological polar surface area (TPSA) is 17.1 Å². The number of halogens is 1. The molecule has 4 aliphatic rings. The van der Waals surface area contributed by atoms with Crippen molar-refractivity contribution in [3.63, 3.8) is 0 Å². The van der Waals surface area contributed by atoms with E-state index in [-0.39, 0.29) is 5.78 Å². The lowest BCUT2D eigenvalue weighted by molar-refractivity contribution is -0.116. The predicted octanol–water partition coefficient (Wildman–Crippen LogP) is 4.57. The van der Waals surface area contributed by atoms with Crippen LogP contribution < -0.4 is 0 Å². The van der Waals surface area contributed by atoms with Gasteiger partial charge < -0.3 is 0 Å². The fourth-order valence-electron chi connectivity index (χ4n) is 5.53. The molecule has 0 heterocycles. The highest BCUT2D eigenvalue weighted by Gasteiger charge is 2.50. The maximum absolute atomic E-state index is 12.9. The first-order valence-corrected chi connectivity index (χ1v) is 8.96. The summed E-state index contributed by atoms with van der Waals surface area (Å²) >= 11 is 3.87. The van der Waals surface area contributed by atoms with Gasteiger partial charge >= 0.3 is 0 Å². The van der Waals surface area contributed by atoms with E-state index in [0.717, 1.165) is 19.3 Å². The van der Waals surface area contributed by atoms with E-state index in [1.165, 1.54) is 60.5 Å². The van der Waals surface area contributed by atoms with Crippen LogP contribution in [0.5, 0.6) is 0 Å². The molecule has 0 aliphatic heterocycles. The van der Waals surface area contributed by atoms with Crippen LogP contribution >= 0.6 is 15.9 Å². The van der Waals surface area contributed by atoms with Crippen LogP contribution in [0.4, 0.5) is 0 Å². The van der Waals surface area contributed by atoms with Crippen LogP contribution in [0.15, 0.2) is 30.3 Å². The number of hydrogen-bond acceptors (Lipinski definition) is 1. The third-order valence-corrected chi connectivity index (χ3v) is 7.43. The zero-order valence-electron chi connectivity index (χ0n) is 12.3. The second-order valence-electron chi connectivity index (χ2n) is 7.38. The molecule has 0 unspecified atom stereocenters. The molecular weight excluding hydrogens is 348 g/mol. The third-order valence-electron chi connectivity index (χ3n) is 6.36. The Balaban J connectivity index is 1.93. The van der Waals surface area contributed by atoms with Crippen molar-refractivity contribution in [2.24, 2.45) is 0 Å². The fourth-order valence-corrected chi connectivity index (χ4v) is 6.35. The number of allylic oxidation sites excluding steroid dienone is 2. The number of rotatable bonds is 0. The van der Waals surface area contributed by atoms with E-state index in [0.29, 0.717) is 0 Å². The minimum absolute atomic E-state index is 0.227. The molecule has 108 valence electrons. The van der Waals surface area contributed by atoms with Gasteiger partial charge in [-0.2, -0.15) is 0 Å². The lowest BCUT2D eigenvalue weighted by atomic mass is 9.82. The molecule has 4 aliphatic carbocycles. The zero-order chi connectivity index (χ0) is 15.1. The fraction of sp³-hybridized carbons (Fsp3) is 0.190. The van der Waals surface area contributed by atoms with E-state index in [1.807, 2.05) is 6.08 Å². The summed E-state index contributed by atoms with van der Waals surface area (Å²) in [4.78, 5) is 12.9. The summed E-state index contributed by atoms with van der Waals surface area (Å²) in [6.45, 7) is 0. The first kappa shape index (κ1) is 11.6. The molecule has 23 heavy (non-hydrogen) atoms. The number of benzene rings is 3. The largest absolute Gasteiger partial charge is 0.293 e. The average Bonchev–Trinajstić information content (AvgIpc) is 3.15. The van der Waals surface area contributed by atoms with Crippen molar-refractivity contribution >= 4 is 48.8 Å². The van der Waals surface area contributed by atoms with Crippen molar-refractivity contribution < 1.29 is 4.79 Å². The van der Waals surface area contributed by atoms with Gasteiger partial charge in [0.15, 0.2) is 5.78 Å². The molecule has 2 heteroatoms. The molecule has 0 N–H and O–H groups in total. The smallest absolute Gasteiger partial charge is 0.177 e. The molecule has 0 aromatic heterocycles. The van der Waals surface area contributed by atoms with Crippen molar-refractivity contribution in [3.8, 4) is 0 Å². The van der Waals surface area contributed by atoms with Gasteiger partial charge in [0, 0.05) is 0 Å². The predicted molar refractivity (Wildman–Crippen MR) is 95.3 cm³/mol. The minimum atomic E-state index is -0.527. The van der Waals surface area contributed by atoms with Crippen molar-refractivity contribution in [1.29, 1.82) is 0 Å². The zero-order valence-corrected chi connectivity index (χ0v) is 13.9. The SMILES string of the molecule is O=C1C=C2Cc3ccc4c5c3c2c2c3c(ccc(c35)C4)C[C@@]12Br. The van der Waals surface area contributed by atoms with E-state index in [4.69, 9.17) is 0 Å². The Kier molecular flexibility index (Phi) is 1.59. The molecular formula is C21H11BrO. The average molecular weight is 359 g/mol. The Morgan fingerprint density at radius 3 is 2.26 bits per heavy atom. The van der Waals surface area contributed by atoms with Crippen LogP contribution in [-0.4, -0.2) is 5.78 Å². The number of carbonyl (C=O) groups is 1. The minimum Gasteiger partial charge on any atom is -0.293 e. The van der Waals surface area contributed by atoms with Gasteiger partial charge in [0.1, 0.15) is 4.32 Å². The number of carbonyl (C=O) groups excluding carboxylic acids is 1. The monoisotopic (exact) mass is 358 g/mol. The summed E-state index contributed by atoms with van der Waals surface area (Å²) in [5, 5.41) is 5.72. The molecule has 1 atom stereocenters. The molecule has 1 nitrogen and oxygen atoms in total. The van der Waals surface area contributed by atoms with Crippen LogP contribution in [0.3, 0.4) is 0 Å². The van der Waals surface area contributed by atoms with Gasteiger partial charge in [-0.1, -0.05) is 40.2 Å². The Labute approximate surface area is 141 Å². The van der Waals surface area contributed by atoms with E-state index < -0.39 is 4.32 Å². The second kappa shape index (κ2) is 3.16. The molecule has 0 fully saturated rings.